The van der Waals surface area contributed by atoms with E-state index in [-0.39, 0.29) is 6.04 Å². The second kappa shape index (κ2) is 17.1. The third-order valence-electron chi connectivity index (χ3n) is 14.6. The van der Waals surface area contributed by atoms with Gasteiger partial charge in [0.2, 0.25) is 0 Å². The normalized spacial score (nSPS) is 15.4. The van der Waals surface area contributed by atoms with Crippen molar-refractivity contribution in [3.05, 3.63) is 178 Å². The maximum atomic E-state index is 2.65. The fourth-order valence-corrected chi connectivity index (χ4v) is 11.5. The Morgan fingerprint density at radius 1 is 0.677 bits per heavy atom. The van der Waals surface area contributed by atoms with Crippen LogP contribution >= 0.6 is 0 Å². The standard InChI is InChI=1S/C62H68N3/c1-11-42(10)47-28-20-29-49-48-25-17-18-30-55(48)65-37-54(56-44(33-38(2)3)23-19-24-45(56)34-39(4)5)58(61(65)57(47)49)60-50-26-15-16-27-51(50)62-63(31-32-64(60)62)59-52(40(6)7)35-46(36-53(59)41(8)9)43-21-13-12-14-22-43/h13,15-32,35-42,60H,11-12,14,33-34H2,1-10H3/q+1. The van der Waals surface area contributed by atoms with Crippen molar-refractivity contribution in [2.24, 2.45) is 11.8 Å². The van der Waals surface area contributed by atoms with Gasteiger partial charge >= 0.3 is 0 Å². The Morgan fingerprint density at radius 3 is 2.00 bits per heavy atom. The summed E-state index contributed by atoms with van der Waals surface area (Å²) in [7, 11) is 0. The molecule has 0 saturated carbocycles. The smallest absolute Gasteiger partial charge is 0.295 e. The first-order chi connectivity index (χ1) is 31.5. The molecule has 0 saturated heterocycles. The summed E-state index contributed by atoms with van der Waals surface area (Å²) in [6, 6.07) is 37.7. The molecule has 0 spiro atoms. The summed E-state index contributed by atoms with van der Waals surface area (Å²) in [6.45, 7) is 23.8. The number of para-hydroxylation sites is 1. The molecule has 2 aliphatic rings. The quantitative estimate of drug-likeness (QED) is 0.0858. The first-order valence-electron chi connectivity index (χ1n) is 24.8. The molecule has 4 heterocycles. The molecule has 5 aromatic carbocycles. The number of nitrogens with zero attached hydrogens (tertiary/aromatic N) is 3. The molecular weight excluding hydrogens is 787 g/mol. The monoisotopic (exact) mass is 855 g/mol. The van der Waals surface area contributed by atoms with Gasteiger partial charge in [0, 0.05) is 44.8 Å². The van der Waals surface area contributed by atoms with Crippen molar-refractivity contribution in [2.75, 3.05) is 0 Å². The Labute approximate surface area is 388 Å². The lowest BCUT2D eigenvalue weighted by Gasteiger charge is -2.21. The van der Waals surface area contributed by atoms with Crippen molar-refractivity contribution in [2.45, 2.75) is 125 Å². The van der Waals surface area contributed by atoms with Gasteiger partial charge in [0.05, 0.1) is 16.6 Å². The van der Waals surface area contributed by atoms with Gasteiger partial charge in [-0.25, -0.2) is 4.57 Å². The average molecular weight is 855 g/mol. The Balaban J connectivity index is 1.36. The second-order valence-corrected chi connectivity index (χ2v) is 20.8. The summed E-state index contributed by atoms with van der Waals surface area (Å²) < 4.78 is 7.84. The van der Waals surface area contributed by atoms with Crippen LogP contribution < -0.4 is 4.57 Å². The molecule has 0 N–H and O–H groups in total. The van der Waals surface area contributed by atoms with E-state index in [0.29, 0.717) is 29.6 Å². The maximum Gasteiger partial charge on any atom is 0.295 e. The molecule has 8 aromatic rings. The highest BCUT2D eigenvalue weighted by Gasteiger charge is 2.43. The lowest BCUT2D eigenvalue weighted by atomic mass is 9.83. The zero-order chi connectivity index (χ0) is 45.3. The van der Waals surface area contributed by atoms with E-state index in [1.54, 1.807) is 0 Å². The summed E-state index contributed by atoms with van der Waals surface area (Å²) >= 11 is 0. The van der Waals surface area contributed by atoms with E-state index in [0.717, 1.165) is 32.1 Å². The molecule has 0 amide bonds. The van der Waals surface area contributed by atoms with Gasteiger partial charge in [-0.1, -0.05) is 160 Å². The number of rotatable bonds is 12. The summed E-state index contributed by atoms with van der Waals surface area (Å²) in [5, 5.41) is 4.04. The first kappa shape index (κ1) is 43.0. The molecule has 1 aliphatic heterocycles. The fraction of sp³-hybridized carbons (Fsp3) is 0.339. The van der Waals surface area contributed by atoms with Crippen molar-refractivity contribution >= 4 is 32.8 Å². The van der Waals surface area contributed by atoms with E-state index in [4.69, 9.17) is 0 Å². The van der Waals surface area contributed by atoms with Crippen LogP contribution in [0.25, 0.3) is 61.0 Å². The molecule has 10 rings (SSSR count). The van der Waals surface area contributed by atoms with Gasteiger partial charge in [-0.15, -0.1) is 0 Å². The summed E-state index contributed by atoms with van der Waals surface area (Å²) in [5.74, 6) is 3.37. The van der Waals surface area contributed by atoms with E-state index >= 15 is 0 Å². The van der Waals surface area contributed by atoms with Gasteiger partial charge in [-0.2, -0.15) is 4.57 Å². The summed E-state index contributed by atoms with van der Waals surface area (Å²) in [6.07, 6.45) is 19.8. The summed E-state index contributed by atoms with van der Waals surface area (Å²) in [5.41, 5.74) is 20.6. The van der Waals surface area contributed by atoms with Crippen molar-refractivity contribution in [1.82, 2.24) is 8.97 Å². The average Bonchev–Trinajstić information content (AvgIpc) is 4.00. The number of hydrogen-bond donors (Lipinski definition) is 0. The van der Waals surface area contributed by atoms with Crippen LogP contribution in [0.15, 0.2) is 134 Å². The molecule has 3 nitrogen and oxygen atoms in total. The van der Waals surface area contributed by atoms with Crippen molar-refractivity contribution in [3.63, 3.8) is 0 Å². The van der Waals surface area contributed by atoms with E-state index in [1.165, 1.54) is 105 Å². The van der Waals surface area contributed by atoms with Crippen LogP contribution in [0.4, 0.5) is 0 Å². The first-order valence-corrected chi connectivity index (χ1v) is 24.8. The number of allylic oxidation sites excluding steroid dienone is 4. The predicted octanol–water partition coefficient (Wildman–Crippen LogP) is 16.5. The van der Waals surface area contributed by atoms with Crippen LogP contribution in [0.2, 0.25) is 0 Å². The molecule has 0 fully saturated rings. The predicted molar refractivity (Wildman–Crippen MR) is 277 cm³/mol. The molecule has 1 aliphatic carbocycles. The minimum atomic E-state index is -0.0578. The number of imidazole rings is 1. The maximum absolute atomic E-state index is 2.65. The minimum absolute atomic E-state index is 0.0578. The van der Waals surface area contributed by atoms with Crippen LogP contribution in [0, 0.1) is 11.8 Å². The molecular formula is C62H68N3+. The Morgan fingerprint density at radius 2 is 1.34 bits per heavy atom. The lowest BCUT2D eigenvalue weighted by molar-refractivity contribution is -0.687. The molecule has 330 valence electrons. The number of benzene rings is 5. The van der Waals surface area contributed by atoms with Crippen LogP contribution in [0.5, 0.6) is 0 Å². The highest BCUT2D eigenvalue weighted by molar-refractivity contribution is 6.16. The van der Waals surface area contributed by atoms with Crippen LogP contribution in [-0.4, -0.2) is 8.97 Å². The van der Waals surface area contributed by atoms with Crippen molar-refractivity contribution in [3.8, 4) is 28.2 Å². The van der Waals surface area contributed by atoms with Crippen molar-refractivity contribution in [1.29, 1.82) is 0 Å². The molecule has 65 heavy (non-hydrogen) atoms. The van der Waals surface area contributed by atoms with Crippen LogP contribution in [0.1, 0.15) is 157 Å². The molecule has 3 aromatic heterocycles. The highest BCUT2D eigenvalue weighted by atomic mass is 15.2. The SMILES string of the molecule is CCC(C)c1cccc2c3ccccc3n3cc(-c4c(CC(C)C)cccc4CC(C)C)c(C4c5ccccc5-c5n(-c6c(C(C)C)cc(C7=CCCC=C7)cc6C(C)C)cc[n+]54)c3c12. The van der Waals surface area contributed by atoms with Gasteiger partial charge in [0.15, 0.2) is 6.04 Å². The fourth-order valence-electron chi connectivity index (χ4n) is 11.5. The second-order valence-electron chi connectivity index (χ2n) is 20.8. The zero-order valence-electron chi connectivity index (χ0n) is 40.5. The highest BCUT2D eigenvalue weighted by Crippen LogP contribution is 2.50. The number of pyridine rings is 1. The van der Waals surface area contributed by atoms with Gasteiger partial charge < -0.3 is 4.40 Å². The molecule has 3 heteroatoms. The molecule has 0 radical (unpaired) electrons. The number of fused-ring (bicyclic) bond motifs is 9. The number of aromatic nitrogens is 3. The van der Waals surface area contributed by atoms with Gasteiger partial charge in [0.1, 0.15) is 18.1 Å². The Bertz CT molecular complexity index is 3120. The number of hydrogen-bond acceptors (Lipinski definition) is 0. The van der Waals surface area contributed by atoms with Crippen LogP contribution in [-0.2, 0) is 12.8 Å². The van der Waals surface area contributed by atoms with Gasteiger partial charge in [-0.3, -0.25) is 0 Å². The van der Waals surface area contributed by atoms with Gasteiger partial charge in [-0.05, 0) is 125 Å². The zero-order valence-corrected chi connectivity index (χ0v) is 40.5. The van der Waals surface area contributed by atoms with Crippen molar-refractivity contribution < 1.29 is 4.57 Å². The largest absolute Gasteiger partial charge is 0.315 e. The molecule has 2 unspecified atom stereocenters. The third kappa shape index (κ3) is 7.22. The van der Waals surface area contributed by atoms with Gasteiger partial charge in [0.25, 0.3) is 5.82 Å². The minimum Gasteiger partial charge on any atom is -0.315 e. The summed E-state index contributed by atoms with van der Waals surface area (Å²) in [4.78, 5) is 0. The van der Waals surface area contributed by atoms with E-state index in [9.17, 15) is 0 Å². The van der Waals surface area contributed by atoms with E-state index in [1.807, 2.05) is 0 Å². The van der Waals surface area contributed by atoms with Crippen LogP contribution in [0.3, 0.4) is 0 Å². The Hall–Kier alpha value is -5.93. The van der Waals surface area contributed by atoms with E-state index < -0.39 is 0 Å². The third-order valence-corrected chi connectivity index (χ3v) is 14.6. The van der Waals surface area contributed by atoms with E-state index in [2.05, 4.69) is 217 Å². The molecule has 2 atom stereocenters. The lowest BCUT2D eigenvalue weighted by Crippen LogP contribution is -2.37. The Kier molecular flexibility index (Phi) is 11.3. The topological polar surface area (TPSA) is 13.2 Å². The molecule has 0 bridgehead atoms.